The molecule has 0 aliphatic rings. The lowest BCUT2D eigenvalue weighted by atomic mass is 10.4. The molecule has 0 saturated carbocycles. The van der Waals surface area contributed by atoms with E-state index in [-0.39, 0.29) is 6.54 Å². The molecule has 7 heteroatoms. The lowest BCUT2D eigenvalue weighted by molar-refractivity contribution is -0.140. The minimum absolute atomic E-state index is 0.0917. The summed E-state index contributed by atoms with van der Waals surface area (Å²) in [5.74, 6) is -1.87. The first-order valence-electron chi connectivity index (χ1n) is 5.83. The second-order valence-electron chi connectivity index (χ2n) is 3.59. The maximum atomic E-state index is 11.4. The average molecular weight is 277 g/mol. The van der Waals surface area contributed by atoms with Crippen LogP contribution in [0.3, 0.4) is 0 Å². The highest BCUT2D eigenvalue weighted by Gasteiger charge is 2.13. The van der Waals surface area contributed by atoms with Crippen molar-refractivity contribution >= 4 is 17.7 Å². The van der Waals surface area contributed by atoms with E-state index in [9.17, 15) is 14.4 Å². The van der Waals surface area contributed by atoms with Crippen LogP contribution in [-0.2, 0) is 20.9 Å². The number of allylic oxidation sites excluding steroid dienone is 3. The number of amides is 3. The Bertz CT molecular complexity index is 518. The minimum Gasteiger partial charge on any atom is -0.467 e. The second-order valence-corrected chi connectivity index (χ2v) is 3.59. The number of hydrogen-bond donors (Lipinski definition) is 3. The number of hydrazine groups is 1. The van der Waals surface area contributed by atoms with E-state index in [0.29, 0.717) is 5.76 Å². The third-order valence-corrected chi connectivity index (χ3v) is 2.06. The molecule has 1 aromatic rings. The maximum Gasteiger partial charge on any atom is 0.327 e. The summed E-state index contributed by atoms with van der Waals surface area (Å²) in [5, 5.41) is 2.34. The Balaban J connectivity index is 2.27. The van der Waals surface area contributed by atoms with Crippen molar-refractivity contribution in [2.75, 3.05) is 0 Å². The summed E-state index contributed by atoms with van der Waals surface area (Å²) in [4.78, 5) is 33.9. The number of rotatable bonds is 4. The Morgan fingerprint density at radius 2 is 2.00 bits per heavy atom. The Kier molecular flexibility index (Phi) is 6.32. The van der Waals surface area contributed by atoms with Crippen molar-refractivity contribution in [3.63, 3.8) is 0 Å². The number of carbonyl (C=O) groups is 3. The molecule has 0 radical (unpaired) electrons. The SMILES string of the molecule is C/C=C/C=C/C(=O)NNC(=O)C(=O)NCc1ccco1. The molecule has 0 atom stereocenters. The summed E-state index contributed by atoms with van der Waals surface area (Å²) in [6.07, 6.45) is 7.56. The molecule has 3 amide bonds. The Morgan fingerprint density at radius 3 is 2.65 bits per heavy atom. The van der Waals surface area contributed by atoms with Crippen molar-refractivity contribution in [2.45, 2.75) is 13.5 Å². The zero-order valence-corrected chi connectivity index (χ0v) is 10.9. The molecule has 0 aliphatic carbocycles. The van der Waals surface area contributed by atoms with Gasteiger partial charge in [0.25, 0.3) is 5.91 Å². The van der Waals surface area contributed by atoms with Gasteiger partial charge in [-0.2, -0.15) is 0 Å². The van der Waals surface area contributed by atoms with Crippen LogP contribution < -0.4 is 16.2 Å². The first-order valence-corrected chi connectivity index (χ1v) is 5.83. The van der Waals surface area contributed by atoms with Crippen LogP contribution in [0.25, 0.3) is 0 Å². The van der Waals surface area contributed by atoms with Gasteiger partial charge in [-0.3, -0.25) is 25.2 Å². The third-order valence-electron chi connectivity index (χ3n) is 2.06. The Morgan fingerprint density at radius 1 is 1.20 bits per heavy atom. The molecule has 0 aromatic carbocycles. The maximum absolute atomic E-state index is 11.4. The van der Waals surface area contributed by atoms with Crippen LogP contribution >= 0.6 is 0 Å². The molecular weight excluding hydrogens is 262 g/mol. The van der Waals surface area contributed by atoms with Gasteiger partial charge >= 0.3 is 11.8 Å². The van der Waals surface area contributed by atoms with Crippen LogP contribution in [-0.4, -0.2) is 17.7 Å². The minimum atomic E-state index is -0.968. The van der Waals surface area contributed by atoms with Crippen molar-refractivity contribution in [3.8, 4) is 0 Å². The summed E-state index contributed by atoms with van der Waals surface area (Å²) < 4.78 is 4.99. The van der Waals surface area contributed by atoms with E-state index in [1.165, 1.54) is 18.4 Å². The Hall–Kier alpha value is -2.83. The Labute approximate surface area is 115 Å². The van der Waals surface area contributed by atoms with Gasteiger partial charge in [0.05, 0.1) is 12.8 Å². The van der Waals surface area contributed by atoms with E-state index in [1.807, 2.05) is 5.43 Å². The van der Waals surface area contributed by atoms with Gasteiger partial charge in [0.15, 0.2) is 0 Å². The number of carbonyl (C=O) groups excluding carboxylic acids is 3. The summed E-state index contributed by atoms with van der Waals surface area (Å²) in [7, 11) is 0. The lowest BCUT2D eigenvalue weighted by Gasteiger charge is -2.05. The summed E-state index contributed by atoms with van der Waals surface area (Å²) in [6.45, 7) is 1.89. The van der Waals surface area contributed by atoms with E-state index >= 15 is 0 Å². The molecule has 20 heavy (non-hydrogen) atoms. The molecule has 3 N–H and O–H groups in total. The molecule has 0 unspecified atom stereocenters. The number of furan rings is 1. The molecule has 0 bridgehead atoms. The fraction of sp³-hybridized carbons (Fsp3) is 0.154. The molecule has 1 heterocycles. The van der Waals surface area contributed by atoms with E-state index in [0.717, 1.165) is 0 Å². The predicted molar refractivity (Wildman–Crippen MR) is 70.8 cm³/mol. The van der Waals surface area contributed by atoms with E-state index in [1.54, 1.807) is 31.2 Å². The quantitative estimate of drug-likeness (QED) is 0.316. The van der Waals surface area contributed by atoms with Crippen molar-refractivity contribution in [2.24, 2.45) is 0 Å². The first kappa shape index (κ1) is 15.2. The monoisotopic (exact) mass is 277 g/mol. The summed E-state index contributed by atoms with van der Waals surface area (Å²) in [6, 6.07) is 3.32. The van der Waals surface area contributed by atoms with Gasteiger partial charge < -0.3 is 9.73 Å². The molecule has 0 spiro atoms. The fourth-order valence-electron chi connectivity index (χ4n) is 1.13. The van der Waals surface area contributed by atoms with E-state index < -0.39 is 17.7 Å². The van der Waals surface area contributed by atoms with Gasteiger partial charge in [-0.05, 0) is 19.1 Å². The highest BCUT2D eigenvalue weighted by atomic mass is 16.3. The molecule has 7 nitrogen and oxygen atoms in total. The normalized spacial score (nSPS) is 10.7. The highest BCUT2D eigenvalue weighted by Crippen LogP contribution is 1.97. The van der Waals surface area contributed by atoms with Crippen LogP contribution in [0.1, 0.15) is 12.7 Å². The van der Waals surface area contributed by atoms with Gasteiger partial charge in [0.2, 0.25) is 0 Å². The van der Waals surface area contributed by atoms with Gasteiger partial charge in [-0.1, -0.05) is 18.2 Å². The van der Waals surface area contributed by atoms with Crippen LogP contribution in [0.4, 0.5) is 0 Å². The van der Waals surface area contributed by atoms with Crippen molar-refractivity contribution < 1.29 is 18.8 Å². The van der Waals surface area contributed by atoms with Gasteiger partial charge in [-0.25, -0.2) is 0 Å². The molecular formula is C13H15N3O4. The van der Waals surface area contributed by atoms with Crippen LogP contribution in [0.15, 0.2) is 47.1 Å². The molecule has 1 aromatic heterocycles. The summed E-state index contributed by atoms with van der Waals surface area (Å²) in [5.41, 5.74) is 4.05. The van der Waals surface area contributed by atoms with Crippen molar-refractivity contribution in [1.82, 2.24) is 16.2 Å². The predicted octanol–water partition coefficient (Wildman–Crippen LogP) is 0.176. The second kappa shape index (κ2) is 8.30. The zero-order chi connectivity index (χ0) is 14.8. The van der Waals surface area contributed by atoms with Crippen LogP contribution in [0.5, 0.6) is 0 Å². The topological polar surface area (TPSA) is 100 Å². The fourth-order valence-corrected chi connectivity index (χ4v) is 1.13. The standard InChI is InChI=1S/C13H15N3O4/c1-2-3-4-7-11(17)15-16-13(19)12(18)14-9-10-6-5-8-20-10/h2-8H,9H2,1H3,(H,14,18)(H,15,17)(H,16,19)/b3-2+,7-4+. The van der Waals surface area contributed by atoms with E-state index in [2.05, 4.69) is 10.7 Å². The first-order chi connectivity index (χ1) is 9.63. The third kappa shape index (κ3) is 5.67. The molecule has 106 valence electrons. The van der Waals surface area contributed by atoms with Gasteiger partial charge in [0, 0.05) is 6.08 Å². The zero-order valence-electron chi connectivity index (χ0n) is 10.9. The largest absolute Gasteiger partial charge is 0.467 e. The van der Waals surface area contributed by atoms with E-state index in [4.69, 9.17) is 4.42 Å². The molecule has 0 fully saturated rings. The lowest BCUT2D eigenvalue weighted by Crippen LogP contribution is -2.47. The number of nitrogens with one attached hydrogen (secondary N) is 3. The van der Waals surface area contributed by atoms with Gasteiger partial charge in [0.1, 0.15) is 5.76 Å². The summed E-state index contributed by atoms with van der Waals surface area (Å²) >= 11 is 0. The average Bonchev–Trinajstić information content (AvgIpc) is 2.95. The van der Waals surface area contributed by atoms with Crippen molar-refractivity contribution in [3.05, 3.63) is 48.5 Å². The van der Waals surface area contributed by atoms with Gasteiger partial charge in [-0.15, -0.1) is 0 Å². The van der Waals surface area contributed by atoms with Crippen LogP contribution in [0, 0.1) is 0 Å². The molecule has 0 aliphatic heterocycles. The van der Waals surface area contributed by atoms with Crippen molar-refractivity contribution in [1.29, 1.82) is 0 Å². The highest BCUT2D eigenvalue weighted by molar-refractivity contribution is 6.35. The van der Waals surface area contributed by atoms with Crippen LogP contribution in [0.2, 0.25) is 0 Å². The molecule has 0 saturated heterocycles. The molecule has 1 rings (SSSR count). The number of hydrogen-bond acceptors (Lipinski definition) is 4. The smallest absolute Gasteiger partial charge is 0.327 e.